The molecule has 7 nitrogen and oxygen atoms in total. The summed E-state index contributed by atoms with van der Waals surface area (Å²) in [5.41, 5.74) is 0.580. The van der Waals surface area contributed by atoms with Gasteiger partial charge in [-0.05, 0) is 0 Å². The lowest BCUT2D eigenvalue weighted by Gasteiger charge is -2.06. The first kappa shape index (κ1) is 9.38. The molecule has 0 aromatic carbocycles. The van der Waals surface area contributed by atoms with Crippen LogP contribution in [0.3, 0.4) is 0 Å². The van der Waals surface area contributed by atoms with Crippen molar-refractivity contribution in [1.82, 2.24) is 9.78 Å². The third kappa shape index (κ3) is 1.58. The largest absolute Gasteiger partial charge is 0.297 e. The van der Waals surface area contributed by atoms with E-state index in [1.807, 2.05) is 0 Å². The van der Waals surface area contributed by atoms with Crippen molar-refractivity contribution in [3.63, 3.8) is 0 Å². The molecule has 1 aliphatic rings. The number of amides is 1. The van der Waals surface area contributed by atoms with E-state index in [1.165, 1.54) is 17.2 Å². The molecule has 0 aliphatic carbocycles. The molecule has 15 heavy (non-hydrogen) atoms. The maximum Gasteiger partial charge on any atom is 0.235 e. The van der Waals surface area contributed by atoms with Crippen molar-refractivity contribution in [2.75, 3.05) is 11.4 Å². The second-order valence-corrected chi connectivity index (χ2v) is 3.05. The van der Waals surface area contributed by atoms with Crippen molar-refractivity contribution in [2.24, 2.45) is 0 Å². The number of carbonyl (C=O) groups excluding carboxylic acids is 1. The predicted octanol–water partition coefficient (Wildman–Crippen LogP) is 0.107. The average molecular weight is 208 g/mol. The number of hydrogen-bond donors (Lipinski definition) is 0. The summed E-state index contributed by atoms with van der Waals surface area (Å²) >= 11 is 0. The number of anilines is 1. The van der Waals surface area contributed by atoms with Crippen LogP contribution in [-0.4, -0.2) is 27.7 Å². The fourth-order valence-electron chi connectivity index (χ4n) is 1.54. The number of fused-ring (bicyclic) bond motifs is 1. The highest BCUT2D eigenvalue weighted by Crippen LogP contribution is 2.25. The van der Waals surface area contributed by atoms with E-state index in [0.29, 0.717) is 30.9 Å². The normalized spacial score (nSPS) is 14.5. The fraction of sp³-hybridized carbons (Fsp3) is 0.250. The van der Waals surface area contributed by atoms with Crippen LogP contribution in [0.1, 0.15) is 5.56 Å². The van der Waals surface area contributed by atoms with Crippen LogP contribution in [0, 0.1) is 10.1 Å². The molecule has 78 valence electrons. The Kier molecular flexibility index (Phi) is 2.20. The Hall–Kier alpha value is -2.18. The Balaban J connectivity index is 2.34. The van der Waals surface area contributed by atoms with E-state index in [2.05, 4.69) is 5.10 Å². The maximum atomic E-state index is 10.7. The van der Waals surface area contributed by atoms with Crippen LogP contribution in [0.15, 0.2) is 12.4 Å². The van der Waals surface area contributed by atoms with Gasteiger partial charge in [0.05, 0.1) is 17.7 Å². The summed E-state index contributed by atoms with van der Waals surface area (Å²) < 4.78 is 1.65. The lowest BCUT2D eigenvalue weighted by molar-refractivity contribution is -0.400. The Morgan fingerprint density at radius 1 is 1.53 bits per heavy atom. The first-order valence-electron chi connectivity index (χ1n) is 4.32. The number of aromatic nitrogens is 2. The molecule has 7 heteroatoms. The second kappa shape index (κ2) is 3.52. The Morgan fingerprint density at radius 3 is 3.00 bits per heavy atom. The molecule has 0 saturated heterocycles. The summed E-state index contributed by atoms with van der Waals surface area (Å²) in [6.07, 6.45) is 4.37. The monoisotopic (exact) mass is 208 g/mol. The minimum atomic E-state index is -0.551. The van der Waals surface area contributed by atoms with Crippen molar-refractivity contribution in [3.05, 3.63) is 28.1 Å². The number of hydrogen-bond acceptors (Lipinski definition) is 4. The Bertz CT molecular complexity index is 437. The van der Waals surface area contributed by atoms with Crippen LogP contribution < -0.4 is 4.90 Å². The minimum Gasteiger partial charge on any atom is -0.297 e. The van der Waals surface area contributed by atoms with Crippen LogP contribution in [0.4, 0.5) is 5.82 Å². The van der Waals surface area contributed by atoms with Gasteiger partial charge in [0.2, 0.25) is 12.6 Å². The summed E-state index contributed by atoms with van der Waals surface area (Å²) in [5.74, 6) is 0.614. The summed E-state index contributed by atoms with van der Waals surface area (Å²) in [4.78, 5) is 21.8. The third-order valence-corrected chi connectivity index (χ3v) is 2.17. The zero-order chi connectivity index (χ0) is 10.8. The van der Waals surface area contributed by atoms with Crippen LogP contribution >= 0.6 is 0 Å². The molecule has 1 amide bonds. The number of carbonyl (C=O) groups is 1. The van der Waals surface area contributed by atoms with Crippen molar-refractivity contribution >= 4 is 18.3 Å². The van der Waals surface area contributed by atoms with Crippen LogP contribution in [0.25, 0.3) is 6.08 Å². The minimum absolute atomic E-state index is 0.551. The topological polar surface area (TPSA) is 81.3 Å². The lowest BCUT2D eigenvalue weighted by atomic mass is 10.3. The first-order chi connectivity index (χ1) is 7.22. The van der Waals surface area contributed by atoms with Gasteiger partial charge in [-0.2, -0.15) is 5.10 Å². The molecule has 0 bridgehead atoms. The quantitative estimate of drug-likeness (QED) is 0.401. The van der Waals surface area contributed by atoms with E-state index < -0.39 is 4.92 Å². The van der Waals surface area contributed by atoms with Gasteiger partial charge in [0, 0.05) is 18.2 Å². The van der Waals surface area contributed by atoms with Gasteiger partial charge in [0.15, 0.2) is 0 Å². The summed E-state index contributed by atoms with van der Waals surface area (Å²) in [6, 6.07) is 0. The molecule has 0 spiro atoms. The fourth-order valence-corrected chi connectivity index (χ4v) is 1.54. The standard InChI is InChI=1S/C8H8N4O3/c13-6-10-3-4-11-8(10)7(5-9-11)1-2-12(14)15/h1-2,5-6H,3-4H2/b2-1+. The number of nitrogens with zero attached hydrogens (tertiary/aromatic N) is 4. The van der Waals surface area contributed by atoms with Crippen molar-refractivity contribution in [3.8, 4) is 0 Å². The molecule has 1 aliphatic heterocycles. The molecule has 0 fully saturated rings. The molecule has 0 radical (unpaired) electrons. The molecule has 1 aromatic rings. The van der Waals surface area contributed by atoms with E-state index in [9.17, 15) is 14.9 Å². The summed E-state index contributed by atoms with van der Waals surface area (Å²) in [5, 5.41) is 14.2. The van der Waals surface area contributed by atoms with Crippen LogP contribution in [0.5, 0.6) is 0 Å². The van der Waals surface area contributed by atoms with Gasteiger partial charge in [0.1, 0.15) is 5.82 Å². The molecule has 2 heterocycles. The van der Waals surface area contributed by atoms with Gasteiger partial charge in [-0.15, -0.1) is 0 Å². The second-order valence-electron chi connectivity index (χ2n) is 3.05. The van der Waals surface area contributed by atoms with E-state index in [-0.39, 0.29) is 0 Å². The van der Waals surface area contributed by atoms with E-state index in [0.717, 1.165) is 6.20 Å². The molecule has 0 atom stereocenters. The lowest BCUT2D eigenvalue weighted by Crippen LogP contribution is -2.17. The predicted molar refractivity (Wildman–Crippen MR) is 51.7 cm³/mol. The molecule has 2 rings (SSSR count). The van der Waals surface area contributed by atoms with E-state index >= 15 is 0 Å². The molecule has 0 unspecified atom stereocenters. The highest BCUT2D eigenvalue weighted by molar-refractivity contribution is 5.79. The molecular formula is C8H8N4O3. The Labute approximate surface area is 84.7 Å². The van der Waals surface area contributed by atoms with E-state index in [4.69, 9.17) is 0 Å². The SMILES string of the molecule is O=CN1CCn2ncc(/C=C/[N+](=O)[O-])c21. The average Bonchev–Trinajstić information content (AvgIpc) is 2.75. The van der Waals surface area contributed by atoms with Gasteiger partial charge in [0.25, 0.3) is 0 Å². The van der Waals surface area contributed by atoms with Gasteiger partial charge >= 0.3 is 0 Å². The maximum absolute atomic E-state index is 10.7. The zero-order valence-corrected chi connectivity index (χ0v) is 7.74. The summed E-state index contributed by atoms with van der Waals surface area (Å²) in [7, 11) is 0. The van der Waals surface area contributed by atoms with Gasteiger partial charge in [-0.3, -0.25) is 19.8 Å². The van der Waals surface area contributed by atoms with E-state index in [1.54, 1.807) is 4.68 Å². The zero-order valence-electron chi connectivity index (χ0n) is 7.74. The van der Waals surface area contributed by atoms with Gasteiger partial charge in [-0.1, -0.05) is 0 Å². The van der Waals surface area contributed by atoms with Crippen molar-refractivity contribution in [2.45, 2.75) is 6.54 Å². The first-order valence-corrected chi connectivity index (χ1v) is 4.32. The molecule has 0 saturated carbocycles. The number of nitro groups is 1. The summed E-state index contributed by atoms with van der Waals surface area (Å²) in [6.45, 7) is 1.19. The number of rotatable bonds is 3. The Morgan fingerprint density at radius 2 is 2.33 bits per heavy atom. The van der Waals surface area contributed by atoms with Crippen LogP contribution in [-0.2, 0) is 11.3 Å². The third-order valence-electron chi connectivity index (χ3n) is 2.17. The highest BCUT2D eigenvalue weighted by atomic mass is 16.6. The molecule has 1 aromatic heterocycles. The molecular weight excluding hydrogens is 200 g/mol. The smallest absolute Gasteiger partial charge is 0.235 e. The molecule has 0 N–H and O–H groups in total. The van der Waals surface area contributed by atoms with Crippen molar-refractivity contribution in [1.29, 1.82) is 0 Å². The van der Waals surface area contributed by atoms with Gasteiger partial charge in [-0.25, -0.2) is 4.68 Å². The van der Waals surface area contributed by atoms with Gasteiger partial charge < -0.3 is 0 Å². The highest BCUT2D eigenvalue weighted by Gasteiger charge is 2.22. The van der Waals surface area contributed by atoms with Crippen LogP contribution in [0.2, 0.25) is 0 Å². The van der Waals surface area contributed by atoms with Crippen molar-refractivity contribution < 1.29 is 9.72 Å².